The molecule has 4 nitrogen and oxygen atoms in total. The Kier molecular flexibility index (Phi) is 2.43. The van der Waals surface area contributed by atoms with Crippen molar-refractivity contribution in [3.63, 3.8) is 0 Å². The Hall–Kier alpha value is -1.36. The van der Waals surface area contributed by atoms with Crippen LogP contribution < -0.4 is 4.72 Å². The second-order valence-electron chi connectivity index (χ2n) is 4.59. The van der Waals surface area contributed by atoms with Gasteiger partial charge in [-0.05, 0) is 30.9 Å². The maximum atomic E-state index is 11.8. The van der Waals surface area contributed by atoms with Gasteiger partial charge in [0.05, 0.1) is 4.90 Å². The number of rotatable bonds is 2. The van der Waals surface area contributed by atoms with E-state index in [0.29, 0.717) is 22.2 Å². The predicted octanol–water partition coefficient (Wildman–Crippen LogP) is 1.53. The SMILES string of the molecule is O=S1(=O)NC(=NCC2CCC2)c2ccccc21. The summed E-state index contributed by atoms with van der Waals surface area (Å²) >= 11 is 0. The second-order valence-corrected chi connectivity index (χ2v) is 6.24. The number of amidine groups is 1. The van der Waals surface area contributed by atoms with E-state index in [4.69, 9.17) is 0 Å². The lowest BCUT2D eigenvalue weighted by molar-refractivity contribution is 0.326. The lowest BCUT2D eigenvalue weighted by Crippen LogP contribution is -2.24. The molecule has 1 aromatic rings. The van der Waals surface area contributed by atoms with E-state index in [1.807, 2.05) is 6.07 Å². The Bertz CT molecular complexity index is 574. The Labute approximate surface area is 101 Å². The van der Waals surface area contributed by atoms with Crippen molar-refractivity contribution >= 4 is 15.9 Å². The molecule has 0 amide bonds. The second kappa shape index (κ2) is 3.84. The molecule has 1 aliphatic carbocycles. The van der Waals surface area contributed by atoms with Gasteiger partial charge in [0, 0.05) is 12.1 Å². The molecule has 90 valence electrons. The molecule has 1 N–H and O–H groups in total. The highest BCUT2D eigenvalue weighted by Gasteiger charge is 2.30. The molecule has 0 spiro atoms. The summed E-state index contributed by atoms with van der Waals surface area (Å²) in [5.41, 5.74) is 0.701. The molecule has 0 bridgehead atoms. The first-order valence-electron chi connectivity index (χ1n) is 5.83. The van der Waals surface area contributed by atoms with Crippen LogP contribution in [0, 0.1) is 5.92 Å². The normalized spacial score (nSPS) is 24.1. The van der Waals surface area contributed by atoms with E-state index in [0.717, 1.165) is 6.54 Å². The molecule has 2 aliphatic rings. The van der Waals surface area contributed by atoms with Gasteiger partial charge in [0.1, 0.15) is 5.84 Å². The molecular weight excluding hydrogens is 236 g/mol. The number of benzene rings is 1. The molecule has 1 aliphatic heterocycles. The van der Waals surface area contributed by atoms with Crippen LogP contribution in [-0.4, -0.2) is 20.8 Å². The van der Waals surface area contributed by atoms with E-state index < -0.39 is 10.0 Å². The molecule has 0 saturated heterocycles. The topological polar surface area (TPSA) is 58.5 Å². The third-order valence-corrected chi connectivity index (χ3v) is 4.79. The lowest BCUT2D eigenvalue weighted by Gasteiger charge is -2.23. The Morgan fingerprint density at radius 1 is 1.29 bits per heavy atom. The summed E-state index contributed by atoms with van der Waals surface area (Å²) in [6.45, 7) is 0.728. The molecule has 0 aromatic heterocycles. The zero-order valence-electron chi connectivity index (χ0n) is 9.39. The minimum Gasteiger partial charge on any atom is -0.267 e. The van der Waals surface area contributed by atoms with Crippen LogP contribution in [-0.2, 0) is 10.0 Å². The Morgan fingerprint density at radius 2 is 2.06 bits per heavy atom. The summed E-state index contributed by atoms with van der Waals surface area (Å²) < 4.78 is 26.1. The fourth-order valence-electron chi connectivity index (χ4n) is 2.15. The van der Waals surface area contributed by atoms with Crippen molar-refractivity contribution in [2.24, 2.45) is 10.9 Å². The van der Waals surface area contributed by atoms with Crippen LogP contribution in [0.4, 0.5) is 0 Å². The van der Waals surface area contributed by atoms with Gasteiger partial charge in [-0.15, -0.1) is 0 Å². The zero-order valence-corrected chi connectivity index (χ0v) is 10.2. The van der Waals surface area contributed by atoms with Gasteiger partial charge in [-0.2, -0.15) is 0 Å². The van der Waals surface area contributed by atoms with E-state index in [1.165, 1.54) is 19.3 Å². The summed E-state index contributed by atoms with van der Waals surface area (Å²) in [4.78, 5) is 4.75. The van der Waals surface area contributed by atoms with Gasteiger partial charge in [-0.25, -0.2) is 8.42 Å². The van der Waals surface area contributed by atoms with Gasteiger partial charge in [0.15, 0.2) is 0 Å². The standard InChI is InChI=1S/C12H14N2O2S/c15-17(16)11-7-2-1-6-10(11)12(14-17)13-8-9-4-3-5-9/h1-2,6-7,9H,3-5,8H2,(H,13,14). The summed E-state index contributed by atoms with van der Waals surface area (Å²) in [5.74, 6) is 1.15. The number of nitrogens with one attached hydrogen (secondary N) is 1. The van der Waals surface area contributed by atoms with Gasteiger partial charge >= 0.3 is 0 Å². The van der Waals surface area contributed by atoms with E-state index in [-0.39, 0.29) is 0 Å². The van der Waals surface area contributed by atoms with Crippen molar-refractivity contribution in [2.45, 2.75) is 24.2 Å². The molecule has 3 rings (SSSR count). The minimum absolute atomic E-state index is 0.340. The number of hydrogen-bond donors (Lipinski definition) is 1. The Morgan fingerprint density at radius 3 is 2.76 bits per heavy atom. The van der Waals surface area contributed by atoms with Gasteiger partial charge in [-0.3, -0.25) is 9.71 Å². The van der Waals surface area contributed by atoms with Crippen LogP contribution in [0.5, 0.6) is 0 Å². The molecule has 0 unspecified atom stereocenters. The van der Waals surface area contributed by atoms with Crippen molar-refractivity contribution in [1.29, 1.82) is 0 Å². The van der Waals surface area contributed by atoms with Gasteiger partial charge in [0.2, 0.25) is 0 Å². The molecule has 0 radical (unpaired) electrons. The number of hydrogen-bond acceptors (Lipinski definition) is 3. The van der Waals surface area contributed by atoms with Crippen LogP contribution in [0.1, 0.15) is 24.8 Å². The maximum Gasteiger partial charge on any atom is 0.263 e. The van der Waals surface area contributed by atoms with Gasteiger partial charge in [-0.1, -0.05) is 18.6 Å². The molecule has 1 heterocycles. The van der Waals surface area contributed by atoms with E-state index in [2.05, 4.69) is 9.71 Å². The molecule has 1 fully saturated rings. The van der Waals surface area contributed by atoms with Crippen molar-refractivity contribution in [1.82, 2.24) is 4.72 Å². The Balaban J connectivity index is 1.93. The van der Waals surface area contributed by atoms with Gasteiger partial charge in [0.25, 0.3) is 10.0 Å². The molecule has 0 atom stereocenters. The first-order valence-corrected chi connectivity index (χ1v) is 7.32. The smallest absolute Gasteiger partial charge is 0.263 e. The highest BCUT2D eigenvalue weighted by Crippen LogP contribution is 2.27. The fraction of sp³-hybridized carbons (Fsp3) is 0.417. The third-order valence-electron chi connectivity index (χ3n) is 3.40. The summed E-state index contributed by atoms with van der Waals surface area (Å²) in [5, 5.41) is 0. The molecule has 1 saturated carbocycles. The van der Waals surface area contributed by atoms with Crippen molar-refractivity contribution in [2.75, 3.05) is 6.54 Å². The van der Waals surface area contributed by atoms with E-state index in [9.17, 15) is 8.42 Å². The summed E-state index contributed by atoms with van der Waals surface area (Å²) in [6.07, 6.45) is 3.70. The summed E-state index contributed by atoms with van der Waals surface area (Å²) in [7, 11) is -3.37. The predicted molar refractivity (Wildman–Crippen MR) is 65.5 cm³/mol. The number of aliphatic imine (C=N–C) groups is 1. The molecule has 1 aromatic carbocycles. The van der Waals surface area contributed by atoms with Crippen LogP contribution in [0.2, 0.25) is 0 Å². The molecule has 5 heteroatoms. The van der Waals surface area contributed by atoms with Crippen LogP contribution in [0.25, 0.3) is 0 Å². The maximum absolute atomic E-state index is 11.8. The van der Waals surface area contributed by atoms with Crippen molar-refractivity contribution in [3.05, 3.63) is 29.8 Å². The largest absolute Gasteiger partial charge is 0.267 e. The zero-order chi connectivity index (χ0) is 11.9. The quantitative estimate of drug-likeness (QED) is 0.865. The number of fused-ring (bicyclic) bond motifs is 1. The number of sulfonamides is 1. The van der Waals surface area contributed by atoms with Crippen LogP contribution >= 0.6 is 0 Å². The average Bonchev–Trinajstić information content (AvgIpc) is 2.50. The number of nitrogens with zero attached hydrogens (tertiary/aromatic N) is 1. The van der Waals surface area contributed by atoms with E-state index >= 15 is 0 Å². The van der Waals surface area contributed by atoms with Crippen molar-refractivity contribution < 1.29 is 8.42 Å². The van der Waals surface area contributed by atoms with Gasteiger partial charge < -0.3 is 0 Å². The monoisotopic (exact) mass is 250 g/mol. The average molecular weight is 250 g/mol. The van der Waals surface area contributed by atoms with Crippen LogP contribution in [0.15, 0.2) is 34.2 Å². The molecular formula is C12H14N2O2S. The first kappa shape index (κ1) is 10.8. The van der Waals surface area contributed by atoms with Crippen LogP contribution in [0.3, 0.4) is 0 Å². The first-order chi connectivity index (χ1) is 8.17. The highest BCUT2D eigenvalue weighted by atomic mass is 32.2. The lowest BCUT2D eigenvalue weighted by atomic mass is 9.86. The summed E-state index contributed by atoms with van der Waals surface area (Å²) in [6, 6.07) is 6.98. The highest BCUT2D eigenvalue weighted by molar-refractivity contribution is 7.90. The molecule has 17 heavy (non-hydrogen) atoms. The fourth-order valence-corrected chi connectivity index (χ4v) is 3.40. The minimum atomic E-state index is -3.37. The van der Waals surface area contributed by atoms with Crippen molar-refractivity contribution in [3.8, 4) is 0 Å². The third kappa shape index (κ3) is 1.84. The van der Waals surface area contributed by atoms with E-state index in [1.54, 1.807) is 18.2 Å².